The van der Waals surface area contributed by atoms with Crippen LogP contribution in [0.5, 0.6) is 0 Å². The molecule has 8 heavy (non-hydrogen) atoms. The van der Waals surface area contributed by atoms with E-state index in [-0.39, 0.29) is 12.5 Å². The highest BCUT2D eigenvalue weighted by atomic mass is 32.1. The number of rotatable bonds is 3. The zero-order valence-electron chi connectivity index (χ0n) is 4.91. The van der Waals surface area contributed by atoms with Gasteiger partial charge < -0.3 is 10.2 Å². The molecule has 3 heteroatoms. The molecule has 0 aromatic carbocycles. The maximum Gasteiger partial charge on any atom is 0.0804 e. The van der Waals surface area contributed by atoms with Crippen molar-refractivity contribution in [2.75, 3.05) is 12.4 Å². The van der Waals surface area contributed by atoms with Gasteiger partial charge in [0.15, 0.2) is 0 Å². The fraction of sp³-hybridized carbons (Fsp3) is 1.00. The van der Waals surface area contributed by atoms with Gasteiger partial charge >= 0.3 is 0 Å². The second-order valence-electron chi connectivity index (χ2n) is 1.91. The first-order chi connectivity index (χ1) is 3.72. The van der Waals surface area contributed by atoms with Crippen molar-refractivity contribution in [3.8, 4) is 0 Å². The molecule has 0 bridgehead atoms. The molecular weight excluding hydrogens is 124 g/mol. The Labute approximate surface area is 54.9 Å². The van der Waals surface area contributed by atoms with Crippen LogP contribution in [0, 0.1) is 5.92 Å². The van der Waals surface area contributed by atoms with Crippen LogP contribution in [0.4, 0.5) is 0 Å². The third-order valence-electron chi connectivity index (χ3n) is 1.13. The van der Waals surface area contributed by atoms with E-state index in [1.807, 2.05) is 6.92 Å². The van der Waals surface area contributed by atoms with E-state index in [0.717, 1.165) is 0 Å². The van der Waals surface area contributed by atoms with Crippen LogP contribution in [0.15, 0.2) is 0 Å². The molecule has 0 fully saturated rings. The number of aliphatic hydroxyl groups excluding tert-OH is 2. The zero-order chi connectivity index (χ0) is 6.57. The first-order valence-electron chi connectivity index (χ1n) is 2.62. The molecule has 50 valence electrons. The summed E-state index contributed by atoms with van der Waals surface area (Å²) >= 11 is 3.94. The van der Waals surface area contributed by atoms with Crippen LogP contribution in [0.3, 0.4) is 0 Å². The second kappa shape index (κ2) is 4.18. The average Bonchev–Trinajstić information content (AvgIpc) is 1.84. The van der Waals surface area contributed by atoms with Crippen LogP contribution in [0.1, 0.15) is 6.92 Å². The molecule has 0 aliphatic heterocycles. The first-order valence-corrected chi connectivity index (χ1v) is 3.25. The normalized spacial score (nSPS) is 18.0. The van der Waals surface area contributed by atoms with Gasteiger partial charge in [-0.25, -0.2) is 0 Å². The Morgan fingerprint density at radius 1 is 1.62 bits per heavy atom. The van der Waals surface area contributed by atoms with Crippen molar-refractivity contribution >= 4 is 12.6 Å². The van der Waals surface area contributed by atoms with Gasteiger partial charge in [0.2, 0.25) is 0 Å². The van der Waals surface area contributed by atoms with Crippen LogP contribution in [-0.2, 0) is 0 Å². The molecule has 0 heterocycles. The Morgan fingerprint density at radius 3 is 2.25 bits per heavy atom. The summed E-state index contributed by atoms with van der Waals surface area (Å²) in [5, 5.41) is 17.2. The zero-order valence-corrected chi connectivity index (χ0v) is 5.80. The fourth-order valence-electron chi connectivity index (χ4n) is 0.302. The predicted octanol–water partition coefficient (Wildman–Crippen LogP) is -0.0945. The Hall–Kier alpha value is 0.270. The smallest absolute Gasteiger partial charge is 0.0804 e. The highest BCUT2D eigenvalue weighted by molar-refractivity contribution is 7.80. The van der Waals surface area contributed by atoms with Crippen LogP contribution in [-0.4, -0.2) is 28.7 Å². The molecule has 0 aliphatic rings. The summed E-state index contributed by atoms with van der Waals surface area (Å²) in [4.78, 5) is 0. The molecule has 0 amide bonds. The number of hydrogen-bond acceptors (Lipinski definition) is 3. The van der Waals surface area contributed by atoms with E-state index in [9.17, 15) is 0 Å². The molecule has 2 unspecified atom stereocenters. The van der Waals surface area contributed by atoms with E-state index >= 15 is 0 Å². The minimum Gasteiger partial charge on any atom is -0.394 e. The highest BCUT2D eigenvalue weighted by Crippen LogP contribution is 2.02. The van der Waals surface area contributed by atoms with Gasteiger partial charge in [-0.1, -0.05) is 6.92 Å². The van der Waals surface area contributed by atoms with E-state index in [4.69, 9.17) is 10.2 Å². The van der Waals surface area contributed by atoms with E-state index in [1.165, 1.54) is 0 Å². The van der Waals surface area contributed by atoms with Crippen LogP contribution >= 0.6 is 12.6 Å². The molecular formula is C5H12O2S. The number of aliphatic hydroxyl groups is 2. The third-order valence-corrected chi connectivity index (χ3v) is 1.71. The summed E-state index contributed by atoms with van der Waals surface area (Å²) in [7, 11) is 0. The van der Waals surface area contributed by atoms with Crippen LogP contribution < -0.4 is 0 Å². The Balaban J connectivity index is 3.29. The minimum atomic E-state index is -0.604. The van der Waals surface area contributed by atoms with Crippen molar-refractivity contribution in [3.05, 3.63) is 0 Å². The van der Waals surface area contributed by atoms with E-state index in [0.29, 0.717) is 5.75 Å². The van der Waals surface area contributed by atoms with Crippen molar-refractivity contribution < 1.29 is 10.2 Å². The summed E-state index contributed by atoms with van der Waals surface area (Å²) in [6, 6.07) is 0. The molecule has 0 aliphatic carbocycles. The van der Waals surface area contributed by atoms with Gasteiger partial charge in [0.1, 0.15) is 0 Å². The minimum absolute atomic E-state index is 0.0864. The van der Waals surface area contributed by atoms with Gasteiger partial charge in [-0.3, -0.25) is 0 Å². The Morgan fingerprint density at radius 2 is 2.12 bits per heavy atom. The quantitative estimate of drug-likeness (QED) is 0.474. The predicted molar refractivity (Wildman–Crippen MR) is 36.1 cm³/mol. The van der Waals surface area contributed by atoms with Crippen molar-refractivity contribution in [1.82, 2.24) is 0 Å². The van der Waals surface area contributed by atoms with Crippen molar-refractivity contribution in [2.24, 2.45) is 5.92 Å². The molecule has 0 radical (unpaired) electrons. The molecule has 2 atom stereocenters. The van der Waals surface area contributed by atoms with Gasteiger partial charge in [-0.05, 0) is 11.7 Å². The largest absolute Gasteiger partial charge is 0.394 e. The summed E-state index contributed by atoms with van der Waals surface area (Å²) in [5.74, 6) is 0.699. The molecule has 0 spiro atoms. The average molecular weight is 136 g/mol. The molecule has 0 rings (SSSR count). The second-order valence-corrected chi connectivity index (χ2v) is 2.27. The summed E-state index contributed by atoms with van der Waals surface area (Å²) < 4.78 is 0. The van der Waals surface area contributed by atoms with Gasteiger partial charge in [0, 0.05) is 0 Å². The van der Waals surface area contributed by atoms with Crippen LogP contribution in [0.2, 0.25) is 0 Å². The molecule has 0 aromatic rings. The Kier molecular flexibility index (Phi) is 4.32. The molecule has 0 aromatic heterocycles. The lowest BCUT2D eigenvalue weighted by Crippen LogP contribution is -2.22. The van der Waals surface area contributed by atoms with Crippen molar-refractivity contribution in [2.45, 2.75) is 13.0 Å². The molecule has 0 saturated carbocycles. The number of thiol groups is 1. The SMILES string of the molecule is CC(CS)C(O)CO. The van der Waals surface area contributed by atoms with Crippen LogP contribution in [0.25, 0.3) is 0 Å². The van der Waals surface area contributed by atoms with E-state index in [1.54, 1.807) is 0 Å². The number of hydrogen-bond donors (Lipinski definition) is 3. The monoisotopic (exact) mass is 136 g/mol. The summed E-state index contributed by atoms with van der Waals surface area (Å²) in [5.41, 5.74) is 0. The molecule has 2 N–H and O–H groups in total. The maximum absolute atomic E-state index is 8.83. The molecule has 0 saturated heterocycles. The summed E-state index contributed by atoms with van der Waals surface area (Å²) in [6.07, 6.45) is -0.604. The van der Waals surface area contributed by atoms with E-state index < -0.39 is 6.10 Å². The summed E-state index contributed by atoms with van der Waals surface area (Å²) in [6.45, 7) is 1.68. The first kappa shape index (κ1) is 8.27. The highest BCUT2D eigenvalue weighted by Gasteiger charge is 2.09. The van der Waals surface area contributed by atoms with Gasteiger partial charge in [0.25, 0.3) is 0 Å². The van der Waals surface area contributed by atoms with Crippen molar-refractivity contribution in [1.29, 1.82) is 0 Å². The lowest BCUT2D eigenvalue weighted by Gasteiger charge is -2.12. The maximum atomic E-state index is 8.83. The molecule has 2 nitrogen and oxygen atoms in total. The van der Waals surface area contributed by atoms with Gasteiger partial charge in [-0.2, -0.15) is 12.6 Å². The van der Waals surface area contributed by atoms with Gasteiger partial charge in [-0.15, -0.1) is 0 Å². The standard InChI is InChI=1S/C5H12O2S/c1-4(3-8)5(7)2-6/h4-8H,2-3H2,1H3. The Bertz CT molecular complexity index is 50.4. The topological polar surface area (TPSA) is 40.5 Å². The van der Waals surface area contributed by atoms with Crippen molar-refractivity contribution in [3.63, 3.8) is 0 Å². The fourth-order valence-corrected chi connectivity index (χ4v) is 0.545. The van der Waals surface area contributed by atoms with Gasteiger partial charge in [0.05, 0.1) is 12.7 Å². The van der Waals surface area contributed by atoms with E-state index in [2.05, 4.69) is 12.6 Å². The lowest BCUT2D eigenvalue weighted by molar-refractivity contribution is 0.0613. The lowest BCUT2D eigenvalue weighted by atomic mass is 10.1. The third kappa shape index (κ3) is 2.55.